The van der Waals surface area contributed by atoms with Crippen LogP contribution >= 0.6 is 0 Å². The molecule has 6 nitrogen and oxygen atoms in total. The number of likely N-dealkylation sites (N-methyl/N-ethyl adjacent to an activating group) is 1. The van der Waals surface area contributed by atoms with Crippen molar-refractivity contribution in [3.63, 3.8) is 0 Å². The third-order valence-electron chi connectivity index (χ3n) is 5.73. The van der Waals surface area contributed by atoms with E-state index in [4.69, 9.17) is 4.74 Å². The van der Waals surface area contributed by atoms with Crippen molar-refractivity contribution in [2.24, 2.45) is 0 Å². The van der Waals surface area contributed by atoms with Crippen molar-refractivity contribution in [3.05, 3.63) is 59.2 Å². The van der Waals surface area contributed by atoms with Crippen LogP contribution in [-0.4, -0.2) is 60.3 Å². The summed E-state index contributed by atoms with van der Waals surface area (Å²) in [6, 6.07) is 13.0. The van der Waals surface area contributed by atoms with Gasteiger partial charge in [0.25, 0.3) is 5.91 Å². The normalized spacial score (nSPS) is 19.1. The SMILES string of the molecule is CN1CCN(Cc2ccc(NC(=O)c3ccc4c(c3)C(=O)CC(C)(C)O4)cc2)CC1. The number of amides is 1. The highest BCUT2D eigenvalue weighted by molar-refractivity contribution is 6.07. The van der Waals surface area contributed by atoms with Crippen LogP contribution in [0.4, 0.5) is 5.69 Å². The average molecular weight is 408 g/mol. The van der Waals surface area contributed by atoms with Crippen LogP contribution in [0.25, 0.3) is 0 Å². The molecule has 2 aromatic carbocycles. The number of hydrogen-bond donors (Lipinski definition) is 1. The second-order valence-corrected chi connectivity index (χ2v) is 8.90. The number of ether oxygens (including phenoxy) is 1. The van der Waals surface area contributed by atoms with Crippen LogP contribution in [-0.2, 0) is 6.54 Å². The van der Waals surface area contributed by atoms with Crippen molar-refractivity contribution in [2.75, 3.05) is 38.5 Å². The van der Waals surface area contributed by atoms with Gasteiger partial charge < -0.3 is 15.0 Å². The van der Waals surface area contributed by atoms with Crippen molar-refractivity contribution in [1.82, 2.24) is 9.80 Å². The molecule has 2 aliphatic heterocycles. The molecule has 0 atom stereocenters. The van der Waals surface area contributed by atoms with E-state index in [0.717, 1.165) is 38.4 Å². The maximum absolute atomic E-state index is 12.7. The molecule has 0 aromatic heterocycles. The number of carbonyl (C=O) groups excluding carboxylic acids is 2. The first-order valence-electron chi connectivity index (χ1n) is 10.5. The summed E-state index contributed by atoms with van der Waals surface area (Å²) in [5, 5.41) is 2.92. The second-order valence-electron chi connectivity index (χ2n) is 8.90. The fourth-order valence-electron chi connectivity index (χ4n) is 3.95. The number of Topliss-reactive ketones (excluding diaryl/α,β-unsaturated/α-hetero) is 1. The molecule has 0 bridgehead atoms. The van der Waals surface area contributed by atoms with Crippen molar-refractivity contribution in [3.8, 4) is 5.75 Å². The molecule has 0 aliphatic carbocycles. The van der Waals surface area contributed by atoms with Crippen LogP contribution in [0.1, 0.15) is 46.5 Å². The first kappa shape index (κ1) is 20.6. The van der Waals surface area contributed by atoms with E-state index in [0.29, 0.717) is 23.3 Å². The summed E-state index contributed by atoms with van der Waals surface area (Å²) in [4.78, 5) is 29.9. The van der Waals surface area contributed by atoms with E-state index in [1.807, 2.05) is 26.0 Å². The van der Waals surface area contributed by atoms with Crippen molar-refractivity contribution >= 4 is 17.4 Å². The van der Waals surface area contributed by atoms with Gasteiger partial charge in [-0.15, -0.1) is 0 Å². The third kappa shape index (κ3) is 4.71. The molecular formula is C24H29N3O3. The number of anilines is 1. The number of nitrogens with one attached hydrogen (secondary N) is 1. The maximum Gasteiger partial charge on any atom is 0.255 e. The molecule has 158 valence electrons. The first-order chi connectivity index (χ1) is 14.3. The smallest absolute Gasteiger partial charge is 0.255 e. The zero-order valence-corrected chi connectivity index (χ0v) is 17.9. The lowest BCUT2D eigenvalue weighted by Crippen LogP contribution is -2.43. The molecule has 0 spiro atoms. The molecule has 0 saturated carbocycles. The number of rotatable bonds is 4. The Balaban J connectivity index is 1.39. The summed E-state index contributed by atoms with van der Waals surface area (Å²) in [7, 11) is 2.15. The molecule has 6 heteroatoms. The van der Waals surface area contributed by atoms with Crippen LogP contribution in [0, 0.1) is 0 Å². The van der Waals surface area contributed by atoms with E-state index >= 15 is 0 Å². The van der Waals surface area contributed by atoms with E-state index in [1.165, 1.54) is 5.56 Å². The highest BCUT2D eigenvalue weighted by Crippen LogP contribution is 2.33. The van der Waals surface area contributed by atoms with Crippen LogP contribution in [0.5, 0.6) is 5.75 Å². The molecule has 1 amide bonds. The Hall–Kier alpha value is -2.70. The van der Waals surface area contributed by atoms with Gasteiger partial charge in [0, 0.05) is 44.0 Å². The Kier molecular flexibility index (Phi) is 5.62. The maximum atomic E-state index is 12.7. The molecule has 30 heavy (non-hydrogen) atoms. The summed E-state index contributed by atoms with van der Waals surface area (Å²) < 4.78 is 5.86. The van der Waals surface area contributed by atoms with Gasteiger partial charge in [0.05, 0.1) is 12.0 Å². The Morgan fingerprint density at radius 2 is 1.77 bits per heavy atom. The van der Waals surface area contributed by atoms with E-state index in [-0.39, 0.29) is 11.7 Å². The van der Waals surface area contributed by atoms with Gasteiger partial charge in [-0.1, -0.05) is 12.1 Å². The van der Waals surface area contributed by atoms with Crippen molar-refractivity contribution in [2.45, 2.75) is 32.4 Å². The van der Waals surface area contributed by atoms with Gasteiger partial charge in [0.1, 0.15) is 11.4 Å². The summed E-state index contributed by atoms with van der Waals surface area (Å²) in [6.07, 6.45) is 0.305. The number of benzene rings is 2. The van der Waals surface area contributed by atoms with Gasteiger partial charge in [-0.2, -0.15) is 0 Å². The lowest BCUT2D eigenvalue weighted by molar-refractivity contribution is 0.0620. The molecule has 1 N–H and O–H groups in total. The zero-order valence-electron chi connectivity index (χ0n) is 17.9. The van der Waals surface area contributed by atoms with Crippen LogP contribution < -0.4 is 10.1 Å². The van der Waals surface area contributed by atoms with E-state index in [1.54, 1.807) is 18.2 Å². The number of ketones is 1. The predicted octanol–water partition coefficient (Wildman–Crippen LogP) is 3.43. The average Bonchev–Trinajstić information content (AvgIpc) is 2.70. The third-order valence-corrected chi connectivity index (χ3v) is 5.73. The van der Waals surface area contributed by atoms with Gasteiger partial charge in [0.15, 0.2) is 5.78 Å². The van der Waals surface area contributed by atoms with E-state index in [9.17, 15) is 9.59 Å². The van der Waals surface area contributed by atoms with Gasteiger partial charge in [0.2, 0.25) is 0 Å². The lowest BCUT2D eigenvalue weighted by Gasteiger charge is -2.32. The van der Waals surface area contributed by atoms with Gasteiger partial charge in [-0.3, -0.25) is 14.5 Å². The Labute approximate surface area is 177 Å². The minimum atomic E-state index is -0.514. The van der Waals surface area contributed by atoms with Crippen molar-refractivity contribution in [1.29, 1.82) is 0 Å². The molecule has 2 aromatic rings. The Morgan fingerprint density at radius 3 is 2.47 bits per heavy atom. The lowest BCUT2D eigenvalue weighted by atomic mass is 9.92. The summed E-state index contributed by atoms with van der Waals surface area (Å²) in [6.45, 7) is 9.05. The van der Waals surface area contributed by atoms with E-state index in [2.05, 4.69) is 34.3 Å². The highest BCUT2D eigenvalue weighted by atomic mass is 16.5. The molecule has 1 saturated heterocycles. The molecule has 2 heterocycles. The Bertz CT molecular complexity index is 945. The first-order valence-corrected chi connectivity index (χ1v) is 10.5. The minimum absolute atomic E-state index is 0.00385. The molecule has 0 unspecified atom stereocenters. The molecule has 4 rings (SSSR count). The van der Waals surface area contributed by atoms with Crippen LogP contribution in [0.15, 0.2) is 42.5 Å². The predicted molar refractivity (Wildman–Crippen MR) is 117 cm³/mol. The fraction of sp³-hybridized carbons (Fsp3) is 0.417. The standard InChI is InChI=1S/C24H29N3O3/c1-24(2)15-21(28)20-14-18(6-9-22(20)30-24)23(29)25-19-7-4-17(5-8-19)16-27-12-10-26(3)11-13-27/h4-9,14H,10-13,15-16H2,1-3H3,(H,25,29). The fourth-order valence-corrected chi connectivity index (χ4v) is 3.95. The molecule has 0 radical (unpaired) electrons. The number of carbonyl (C=O) groups is 2. The van der Waals surface area contributed by atoms with Gasteiger partial charge in [-0.25, -0.2) is 0 Å². The monoisotopic (exact) mass is 407 g/mol. The van der Waals surface area contributed by atoms with Crippen LogP contribution in [0.3, 0.4) is 0 Å². The second kappa shape index (κ2) is 8.20. The summed E-state index contributed by atoms with van der Waals surface area (Å²) in [5.74, 6) is 0.312. The quantitative estimate of drug-likeness (QED) is 0.841. The van der Waals surface area contributed by atoms with Crippen molar-refractivity contribution < 1.29 is 14.3 Å². The van der Waals surface area contributed by atoms with Gasteiger partial charge >= 0.3 is 0 Å². The Morgan fingerprint density at radius 1 is 1.07 bits per heavy atom. The van der Waals surface area contributed by atoms with Crippen LogP contribution in [0.2, 0.25) is 0 Å². The number of nitrogens with zero attached hydrogens (tertiary/aromatic N) is 2. The topological polar surface area (TPSA) is 61.9 Å². The van der Waals surface area contributed by atoms with Gasteiger partial charge in [-0.05, 0) is 56.8 Å². The summed E-state index contributed by atoms with van der Waals surface area (Å²) in [5.41, 5.74) is 2.39. The largest absolute Gasteiger partial charge is 0.487 e. The summed E-state index contributed by atoms with van der Waals surface area (Å²) >= 11 is 0. The highest BCUT2D eigenvalue weighted by Gasteiger charge is 2.32. The van der Waals surface area contributed by atoms with E-state index < -0.39 is 5.60 Å². The zero-order chi connectivity index (χ0) is 21.3. The number of fused-ring (bicyclic) bond motifs is 1. The number of hydrogen-bond acceptors (Lipinski definition) is 5. The molecule has 2 aliphatic rings. The minimum Gasteiger partial charge on any atom is -0.487 e. The molecular weight excluding hydrogens is 378 g/mol. The molecule has 1 fully saturated rings. The number of piperazine rings is 1.